The van der Waals surface area contributed by atoms with Gasteiger partial charge in [0.15, 0.2) is 17.9 Å². The van der Waals surface area contributed by atoms with E-state index in [1.54, 1.807) is 24.3 Å². The van der Waals surface area contributed by atoms with Crippen molar-refractivity contribution in [3.8, 4) is 16.9 Å². The van der Waals surface area contributed by atoms with E-state index in [1.807, 2.05) is 6.07 Å². The number of aromatic nitrogens is 1. The van der Waals surface area contributed by atoms with Crippen molar-refractivity contribution in [2.75, 3.05) is 13.1 Å². The Kier molecular flexibility index (Phi) is 3.89. The van der Waals surface area contributed by atoms with Crippen molar-refractivity contribution in [2.45, 2.75) is 0 Å². The van der Waals surface area contributed by atoms with Gasteiger partial charge in [-0.25, -0.2) is 0 Å². The molecule has 1 aromatic heterocycles. The first kappa shape index (κ1) is 14.5. The maximum absolute atomic E-state index is 12.6. The van der Waals surface area contributed by atoms with E-state index >= 15 is 0 Å². The van der Waals surface area contributed by atoms with E-state index in [0.717, 1.165) is 6.20 Å². The van der Waals surface area contributed by atoms with Crippen LogP contribution < -0.4 is 10.6 Å². The maximum atomic E-state index is 12.6. The first-order chi connectivity index (χ1) is 11.2. The highest BCUT2D eigenvalue weighted by molar-refractivity contribution is 6.12. The normalized spacial score (nSPS) is 12.9. The van der Waals surface area contributed by atoms with Crippen LogP contribution in [-0.4, -0.2) is 35.0 Å². The molecule has 1 aliphatic rings. The average Bonchev–Trinajstić information content (AvgIpc) is 3.08. The summed E-state index contributed by atoms with van der Waals surface area (Å²) in [5, 5.41) is 15.7. The number of benzene rings is 1. The van der Waals surface area contributed by atoms with Gasteiger partial charge in [0, 0.05) is 12.1 Å². The number of amides is 1. The zero-order valence-corrected chi connectivity index (χ0v) is 12.1. The van der Waals surface area contributed by atoms with E-state index in [9.17, 15) is 9.90 Å². The second kappa shape index (κ2) is 6.15. The van der Waals surface area contributed by atoms with Crippen molar-refractivity contribution in [3.05, 3.63) is 53.5 Å². The fourth-order valence-corrected chi connectivity index (χ4v) is 2.34. The fourth-order valence-electron chi connectivity index (χ4n) is 2.34. The molecule has 0 fully saturated rings. The number of aliphatic imine (C=N–C) groups is 1. The molecule has 3 N–H and O–H groups in total. The molecular weight excluding hydrogens is 294 g/mol. The van der Waals surface area contributed by atoms with Crippen LogP contribution in [0.3, 0.4) is 0 Å². The lowest BCUT2D eigenvalue weighted by molar-refractivity contribution is 0.0974. The standard InChI is InChI=1S/C16H13N5O2/c1-17-14-12(10-5-3-2-4-6-10)13(11(22)9-20-14)15(23)21-16-18-7-8-19-16/h2-6,9,22H,7-8H2,(H2,18,19,21,23). The molecular formula is C16H13N5O2. The van der Waals surface area contributed by atoms with Gasteiger partial charge in [-0.05, 0) is 5.56 Å². The molecule has 1 aromatic carbocycles. The van der Waals surface area contributed by atoms with Gasteiger partial charge in [0.2, 0.25) is 0 Å². The third-order valence-corrected chi connectivity index (χ3v) is 3.34. The molecule has 2 aromatic rings. The van der Waals surface area contributed by atoms with Crippen LogP contribution in [0.15, 0.2) is 41.5 Å². The van der Waals surface area contributed by atoms with Crippen molar-refractivity contribution < 1.29 is 9.90 Å². The number of nitrogens with one attached hydrogen (secondary N) is 2. The predicted octanol–water partition coefficient (Wildman–Crippen LogP) is 1.69. The molecule has 7 heteroatoms. The summed E-state index contributed by atoms with van der Waals surface area (Å²) >= 11 is 0. The molecule has 114 valence electrons. The van der Waals surface area contributed by atoms with E-state index in [2.05, 4.69) is 25.5 Å². The summed E-state index contributed by atoms with van der Waals surface area (Å²) < 4.78 is 0. The number of aromatic hydroxyl groups is 1. The van der Waals surface area contributed by atoms with Gasteiger partial charge in [-0.1, -0.05) is 36.9 Å². The van der Waals surface area contributed by atoms with Crippen LogP contribution >= 0.6 is 0 Å². The van der Waals surface area contributed by atoms with Crippen LogP contribution in [0, 0.1) is 6.57 Å². The number of guanidine groups is 1. The third kappa shape index (κ3) is 2.82. The molecule has 0 saturated carbocycles. The molecule has 23 heavy (non-hydrogen) atoms. The summed E-state index contributed by atoms with van der Waals surface area (Å²) in [7, 11) is 0. The molecule has 1 aliphatic heterocycles. The Morgan fingerprint density at radius 1 is 1.35 bits per heavy atom. The van der Waals surface area contributed by atoms with Crippen molar-refractivity contribution >= 4 is 17.7 Å². The van der Waals surface area contributed by atoms with Crippen molar-refractivity contribution in [2.24, 2.45) is 4.99 Å². The molecule has 0 spiro atoms. The molecule has 1 amide bonds. The monoisotopic (exact) mass is 307 g/mol. The summed E-state index contributed by atoms with van der Waals surface area (Å²) in [5.74, 6) is -0.413. The third-order valence-electron chi connectivity index (χ3n) is 3.34. The highest BCUT2D eigenvalue weighted by Gasteiger charge is 2.24. The molecule has 0 aliphatic carbocycles. The minimum atomic E-state index is -0.540. The Bertz CT molecular complexity index is 824. The van der Waals surface area contributed by atoms with Gasteiger partial charge in [-0.3, -0.25) is 15.1 Å². The summed E-state index contributed by atoms with van der Waals surface area (Å²) in [6.07, 6.45) is 1.11. The minimum Gasteiger partial charge on any atom is -0.504 e. The summed E-state index contributed by atoms with van der Waals surface area (Å²) in [4.78, 5) is 23.9. The quantitative estimate of drug-likeness (QED) is 0.736. The molecule has 0 bridgehead atoms. The Morgan fingerprint density at radius 3 is 2.78 bits per heavy atom. The highest BCUT2D eigenvalue weighted by atomic mass is 16.3. The number of carbonyl (C=O) groups excluding carboxylic acids is 1. The number of pyridine rings is 1. The van der Waals surface area contributed by atoms with Gasteiger partial charge in [0.05, 0.1) is 12.1 Å². The van der Waals surface area contributed by atoms with Gasteiger partial charge in [-0.15, -0.1) is 4.98 Å². The van der Waals surface area contributed by atoms with Gasteiger partial charge < -0.3 is 15.3 Å². The van der Waals surface area contributed by atoms with Crippen LogP contribution in [0.2, 0.25) is 0 Å². The van der Waals surface area contributed by atoms with Crippen molar-refractivity contribution in [3.63, 3.8) is 0 Å². The number of hydrogen-bond donors (Lipinski definition) is 3. The van der Waals surface area contributed by atoms with Crippen LogP contribution in [0.4, 0.5) is 5.82 Å². The second-order valence-electron chi connectivity index (χ2n) is 4.81. The minimum absolute atomic E-state index is 0.00796. The topological polar surface area (TPSA) is 91.0 Å². The van der Waals surface area contributed by atoms with Gasteiger partial charge in [-0.2, -0.15) is 0 Å². The van der Waals surface area contributed by atoms with Crippen LogP contribution in [0.5, 0.6) is 5.75 Å². The predicted molar refractivity (Wildman–Crippen MR) is 85.4 cm³/mol. The molecule has 7 nitrogen and oxygen atoms in total. The average molecular weight is 307 g/mol. The van der Waals surface area contributed by atoms with Crippen LogP contribution in [-0.2, 0) is 0 Å². The van der Waals surface area contributed by atoms with Crippen molar-refractivity contribution in [1.29, 1.82) is 0 Å². The highest BCUT2D eigenvalue weighted by Crippen LogP contribution is 2.36. The Morgan fingerprint density at radius 2 is 2.13 bits per heavy atom. The summed E-state index contributed by atoms with van der Waals surface area (Å²) in [5.41, 5.74) is 0.943. The first-order valence-corrected chi connectivity index (χ1v) is 6.95. The second-order valence-corrected chi connectivity index (χ2v) is 4.81. The lowest BCUT2D eigenvalue weighted by Crippen LogP contribution is -2.38. The Balaban J connectivity index is 2.11. The van der Waals surface area contributed by atoms with Crippen molar-refractivity contribution in [1.82, 2.24) is 15.6 Å². The van der Waals surface area contributed by atoms with E-state index in [0.29, 0.717) is 30.2 Å². The molecule has 0 atom stereocenters. The fraction of sp³-hybridized carbons (Fsp3) is 0.125. The largest absolute Gasteiger partial charge is 0.504 e. The smallest absolute Gasteiger partial charge is 0.278 e. The van der Waals surface area contributed by atoms with E-state index in [-0.39, 0.29) is 17.1 Å². The zero-order chi connectivity index (χ0) is 16.2. The first-order valence-electron chi connectivity index (χ1n) is 6.95. The molecule has 3 rings (SSSR count). The summed E-state index contributed by atoms with van der Waals surface area (Å²) in [6.45, 7) is 8.51. The maximum Gasteiger partial charge on any atom is 0.278 e. The van der Waals surface area contributed by atoms with E-state index in [4.69, 9.17) is 6.57 Å². The molecule has 0 radical (unpaired) electrons. The van der Waals surface area contributed by atoms with E-state index in [1.165, 1.54) is 0 Å². The number of carbonyl (C=O) groups is 1. The number of rotatable bonds is 2. The SMILES string of the molecule is [C-]#[N+]c1ncc(O)c(C(=O)NC2=NCCN2)c1-c1ccccc1. The van der Waals surface area contributed by atoms with Gasteiger partial charge >= 0.3 is 0 Å². The summed E-state index contributed by atoms with van der Waals surface area (Å²) in [6, 6.07) is 8.92. The number of hydrogen-bond acceptors (Lipinski definition) is 5. The van der Waals surface area contributed by atoms with Gasteiger partial charge in [0.25, 0.3) is 11.7 Å². The Labute approximate surface area is 132 Å². The number of nitrogens with zero attached hydrogens (tertiary/aromatic N) is 3. The molecule has 2 heterocycles. The van der Waals surface area contributed by atoms with Crippen LogP contribution in [0.1, 0.15) is 10.4 Å². The van der Waals surface area contributed by atoms with Gasteiger partial charge in [0.1, 0.15) is 0 Å². The Hall–Kier alpha value is -3.40. The lowest BCUT2D eigenvalue weighted by atomic mass is 9.99. The zero-order valence-electron chi connectivity index (χ0n) is 12.1. The van der Waals surface area contributed by atoms with Crippen LogP contribution in [0.25, 0.3) is 16.0 Å². The lowest BCUT2D eigenvalue weighted by Gasteiger charge is -2.12. The molecule has 0 saturated heterocycles. The molecule has 0 unspecified atom stereocenters. The van der Waals surface area contributed by atoms with E-state index < -0.39 is 5.91 Å².